The average Bonchev–Trinajstić information content (AvgIpc) is 3.12. The molecule has 0 radical (unpaired) electrons. The molecule has 0 saturated carbocycles. The molecule has 1 amide bonds. The number of carbonyl (C=O) groups is 1. The number of carbonyl (C=O) groups excluding carboxylic acids is 1. The molecule has 0 fully saturated rings. The van der Waals surface area contributed by atoms with E-state index in [-0.39, 0.29) is 11.7 Å². The average molecular weight is 442 g/mol. The number of nitrogens with one attached hydrogen (secondary N) is 2. The zero-order chi connectivity index (χ0) is 21.1. The second kappa shape index (κ2) is 8.92. The second-order valence-electron chi connectivity index (χ2n) is 6.53. The molecule has 2 N–H and O–H groups in total. The fraction of sp³-hybridized carbons (Fsp3) is 0.0909. The Morgan fingerprint density at radius 1 is 1.20 bits per heavy atom. The molecule has 4 rings (SSSR count). The normalized spacial score (nSPS) is 12.1. The van der Waals surface area contributed by atoms with Gasteiger partial charge in [-0.3, -0.25) is 9.78 Å². The third-order valence-corrected chi connectivity index (χ3v) is 6.81. The number of hydrogen-bond donors (Lipinski definition) is 2. The van der Waals surface area contributed by atoms with Gasteiger partial charge in [0.05, 0.1) is 8.15 Å². The van der Waals surface area contributed by atoms with E-state index >= 15 is 0 Å². The summed E-state index contributed by atoms with van der Waals surface area (Å²) >= 11 is 6.23. The summed E-state index contributed by atoms with van der Waals surface area (Å²) < 4.78 is 19.7. The van der Waals surface area contributed by atoms with E-state index in [0.29, 0.717) is 27.9 Å². The minimum Gasteiger partial charge on any atom is -0.353 e. The topological polar surface area (TPSA) is 67.0 Å². The Hall–Kier alpha value is -2.79. The number of benzene rings is 2. The van der Waals surface area contributed by atoms with Crippen LogP contribution in [0.2, 0.25) is 5.02 Å². The van der Waals surface area contributed by atoms with Crippen LogP contribution in [-0.2, 0) is 11.1 Å². The predicted molar refractivity (Wildman–Crippen MR) is 118 cm³/mol. The number of aromatic nitrogens is 2. The lowest BCUT2D eigenvalue weighted by Gasteiger charge is -2.17. The summed E-state index contributed by atoms with van der Waals surface area (Å²) in [5.74, 6) is -0.645. The summed E-state index contributed by atoms with van der Waals surface area (Å²) in [4.78, 5) is 20.3. The Morgan fingerprint density at radius 2 is 2.00 bits per heavy atom. The molecule has 152 valence electrons. The van der Waals surface area contributed by atoms with E-state index in [2.05, 4.69) is 15.3 Å². The summed E-state index contributed by atoms with van der Waals surface area (Å²) in [6.45, 7) is 0.349. The SMILES string of the molecule is COP(c1cccc(F)c1)c1c(C(=O)NCc2ccncc2)[nH]c2ccc(Cl)cc12. The molecule has 8 heteroatoms. The van der Waals surface area contributed by atoms with E-state index in [1.807, 2.05) is 18.2 Å². The maximum Gasteiger partial charge on any atom is 0.268 e. The van der Waals surface area contributed by atoms with E-state index in [1.165, 1.54) is 12.1 Å². The van der Waals surface area contributed by atoms with Crippen molar-refractivity contribution in [3.05, 3.63) is 89.1 Å². The van der Waals surface area contributed by atoms with Crippen LogP contribution in [0.5, 0.6) is 0 Å². The van der Waals surface area contributed by atoms with Crippen LogP contribution in [0.15, 0.2) is 67.0 Å². The zero-order valence-corrected chi connectivity index (χ0v) is 17.7. The van der Waals surface area contributed by atoms with Gasteiger partial charge in [-0.15, -0.1) is 0 Å². The highest BCUT2D eigenvalue weighted by Crippen LogP contribution is 2.39. The lowest BCUT2D eigenvalue weighted by atomic mass is 10.2. The largest absolute Gasteiger partial charge is 0.353 e. The van der Waals surface area contributed by atoms with Crippen molar-refractivity contribution in [2.24, 2.45) is 0 Å². The van der Waals surface area contributed by atoms with Gasteiger partial charge in [-0.05, 0) is 48.0 Å². The van der Waals surface area contributed by atoms with Crippen molar-refractivity contribution in [2.45, 2.75) is 6.54 Å². The van der Waals surface area contributed by atoms with Gasteiger partial charge >= 0.3 is 0 Å². The number of amides is 1. The van der Waals surface area contributed by atoms with E-state index in [0.717, 1.165) is 16.5 Å². The fourth-order valence-corrected chi connectivity index (χ4v) is 5.27. The summed E-state index contributed by atoms with van der Waals surface area (Å²) in [5.41, 5.74) is 2.06. The van der Waals surface area contributed by atoms with Gasteiger partial charge in [0.2, 0.25) is 0 Å². The van der Waals surface area contributed by atoms with E-state index in [4.69, 9.17) is 16.1 Å². The number of nitrogens with zero attached hydrogens (tertiary/aromatic N) is 1. The lowest BCUT2D eigenvalue weighted by Crippen LogP contribution is -2.28. The van der Waals surface area contributed by atoms with Crippen LogP contribution < -0.4 is 15.9 Å². The van der Waals surface area contributed by atoms with Gasteiger partial charge in [-0.1, -0.05) is 23.7 Å². The Morgan fingerprint density at radius 3 is 2.73 bits per heavy atom. The molecule has 0 aliphatic heterocycles. The number of H-pyrrole nitrogens is 1. The predicted octanol–water partition coefficient (Wildman–Crippen LogP) is 4.28. The molecule has 5 nitrogen and oxygen atoms in total. The first-order valence-electron chi connectivity index (χ1n) is 9.15. The number of rotatable bonds is 6. The molecule has 1 atom stereocenters. The number of aromatic amines is 1. The molecule has 0 spiro atoms. The molecule has 2 aromatic heterocycles. The van der Waals surface area contributed by atoms with E-state index < -0.39 is 8.15 Å². The van der Waals surface area contributed by atoms with Crippen molar-refractivity contribution in [1.82, 2.24) is 15.3 Å². The molecule has 1 unspecified atom stereocenters. The molecule has 2 heterocycles. The number of halogens is 2. The summed E-state index contributed by atoms with van der Waals surface area (Å²) in [7, 11) is 0.0953. The number of pyridine rings is 1. The van der Waals surface area contributed by atoms with Gasteiger partial charge in [0.25, 0.3) is 5.91 Å². The summed E-state index contributed by atoms with van der Waals surface area (Å²) in [5, 5.41) is 5.57. The minimum absolute atomic E-state index is 0.282. The highest BCUT2D eigenvalue weighted by atomic mass is 35.5. The molecule has 0 aliphatic carbocycles. The molecule has 30 heavy (non-hydrogen) atoms. The first kappa shape index (κ1) is 20.5. The Labute approximate surface area is 179 Å². The standard InChI is InChI=1S/C22H18ClFN3O2P/c1-29-30(17-4-2-3-16(24)12-17)21-18-11-15(23)5-6-19(18)27-20(21)22(28)26-13-14-7-9-25-10-8-14/h2-12,27H,13H2,1H3,(H,26,28). The molecule has 0 aliphatic rings. The fourth-order valence-electron chi connectivity index (χ4n) is 3.22. The van der Waals surface area contributed by atoms with Crippen molar-refractivity contribution in [3.63, 3.8) is 0 Å². The third-order valence-electron chi connectivity index (χ3n) is 4.59. The van der Waals surface area contributed by atoms with Crippen LogP contribution in [0.25, 0.3) is 10.9 Å². The van der Waals surface area contributed by atoms with E-state index in [1.54, 1.807) is 43.8 Å². The monoisotopic (exact) mass is 441 g/mol. The molecule has 0 saturated heterocycles. The number of hydrogen-bond acceptors (Lipinski definition) is 3. The van der Waals surface area contributed by atoms with Gasteiger partial charge in [0, 0.05) is 52.6 Å². The maximum atomic E-state index is 13.9. The summed E-state index contributed by atoms with van der Waals surface area (Å²) in [6, 6.07) is 15.2. The van der Waals surface area contributed by atoms with Crippen LogP contribution in [0.3, 0.4) is 0 Å². The second-order valence-corrected chi connectivity index (χ2v) is 8.89. The third kappa shape index (κ3) is 4.21. The maximum absolute atomic E-state index is 13.9. The lowest BCUT2D eigenvalue weighted by molar-refractivity contribution is 0.0948. The quantitative estimate of drug-likeness (QED) is 0.439. The van der Waals surface area contributed by atoms with Crippen molar-refractivity contribution in [3.8, 4) is 0 Å². The Balaban J connectivity index is 1.78. The van der Waals surface area contributed by atoms with Crippen molar-refractivity contribution >= 4 is 47.2 Å². The highest BCUT2D eigenvalue weighted by Gasteiger charge is 2.27. The molecule has 2 aromatic carbocycles. The van der Waals surface area contributed by atoms with E-state index in [9.17, 15) is 9.18 Å². The first-order chi connectivity index (χ1) is 14.6. The van der Waals surface area contributed by atoms with Crippen LogP contribution in [0.4, 0.5) is 4.39 Å². The van der Waals surface area contributed by atoms with Gasteiger partial charge in [0.1, 0.15) is 11.5 Å². The van der Waals surface area contributed by atoms with Gasteiger partial charge in [0.15, 0.2) is 0 Å². The molecule has 0 bridgehead atoms. The number of fused-ring (bicyclic) bond motifs is 1. The zero-order valence-electron chi connectivity index (χ0n) is 16.0. The van der Waals surface area contributed by atoms with Gasteiger partial charge in [-0.2, -0.15) is 0 Å². The van der Waals surface area contributed by atoms with Crippen LogP contribution in [0.1, 0.15) is 16.1 Å². The van der Waals surface area contributed by atoms with Crippen LogP contribution in [0, 0.1) is 5.82 Å². The van der Waals surface area contributed by atoms with Crippen LogP contribution >= 0.6 is 19.7 Å². The minimum atomic E-state index is -1.46. The van der Waals surface area contributed by atoms with Crippen molar-refractivity contribution in [2.75, 3.05) is 7.11 Å². The van der Waals surface area contributed by atoms with Gasteiger partial charge < -0.3 is 14.8 Å². The first-order valence-corrected chi connectivity index (χ1v) is 10.8. The molecule has 4 aromatic rings. The molecular weight excluding hydrogens is 424 g/mol. The van der Waals surface area contributed by atoms with Crippen molar-refractivity contribution in [1.29, 1.82) is 0 Å². The van der Waals surface area contributed by atoms with Gasteiger partial charge in [-0.25, -0.2) is 4.39 Å². The van der Waals surface area contributed by atoms with Crippen LogP contribution in [-0.4, -0.2) is 23.0 Å². The summed E-state index contributed by atoms with van der Waals surface area (Å²) in [6.07, 6.45) is 3.35. The molecular formula is C22H18ClFN3O2P. The highest BCUT2D eigenvalue weighted by molar-refractivity contribution is 7.69. The van der Waals surface area contributed by atoms with Crippen molar-refractivity contribution < 1.29 is 13.7 Å². The Kier molecular flexibility index (Phi) is 6.09. The Bertz CT molecular complexity index is 1200. The smallest absolute Gasteiger partial charge is 0.268 e.